The molecule has 0 atom stereocenters. The Balaban J connectivity index is 1.62. The zero-order chi connectivity index (χ0) is 20.7. The minimum Gasteiger partial charge on any atom is -0.288 e. The molecule has 0 aliphatic heterocycles. The smallest absolute Gasteiger partial charge is 0.269 e. The molecule has 1 amide bonds. The molecule has 3 rings (SSSR count). The van der Waals surface area contributed by atoms with Crippen molar-refractivity contribution in [3.05, 3.63) is 101 Å². The zero-order valence-electron chi connectivity index (χ0n) is 15.8. The number of hydrogen-bond donors (Lipinski definition) is 2. The lowest BCUT2D eigenvalue weighted by molar-refractivity contribution is 0.0951. The van der Waals surface area contributed by atoms with E-state index in [0.29, 0.717) is 11.3 Å². The van der Waals surface area contributed by atoms with Crippen molar-refractivity contribution in [2.75, 3.05) is 16.8 Å². The molecule has 0 heterocycles. The maximum absolute atomic E-state index is 12.4. The molecule has 0 aliphatic carbocycles. The Kier molecular flexibility index (Phi) is 6.31. The lowest BCUT2D eigenvalue weighted by Crippen LogP contribution is -2.39. The Morgan fingerprint density at radius 1 is 0.862 bits per heavy atom. The van der Waals surface area contributed by atoms with E-state index in [-0.39, 0.29) is 5.91 Å². The summed E-state index contributed by atoms with van der Waals surface area (Å²) >= 11 is 0. The number of benzene rings is 3. The molecule has 0 radical (unpaired) electrons. The first-order valence-electron chi connectivity index (χ1n) is 8.89. The Morgan fingerprint density at radius 2 is 1.45 bits per heavy atom. The Labute approximate surface area is 170 Å². The van der Waals surface area contributed by atoms with Crippen molar-refractivity contribution in [1.82, 2.24) is 5.43 Å². The highest BCUT2D eigenvalue weighted by Gasteiger charge is 2.10. The lowest BCUT2D eigenvalue weighted by Gasteiger charge is -2.20. The molecular formula is C22H21N3O3S. The van der Waals surface area contributed by atoms with Crippen molar-refractivity contribution < 1.29 is 13.2 Å². The highest BCUT2D eigenvalue weighted by molar-refractivity contribution is 7.95. The topological polar surface area (TPSA) is 78.5 Å². The summed E-state index contributed by atoms with van der Waals surface area (Å²) in [6, 6.07) is 24.8. The van der Waals surface area contributed by atoms with E-state index in [2.05, 4.69) is 10.1 Å². The molecule has 0 aliphatic rings. The third-order valence-electron chi connectivity index (χ3n) is 4.06. The van der Waals surface area contributed by atoms with Crippen LogP contribution < -0.4 is 15.2 Å². The van der Waals surface area contributed by atoms with Crippen LogP contribution in [0, 0.1) is 0 Å². The molecule has 0 saturated carbocycles. The first kappa shape index (κ1) is 20.2. The molecule has 7 heteroatoms. The number of anilines is 2. The third-order valence-corrected chi connectivity index (χ3v) is 5.07. The summed E-state index contributed by atoms with van der Waals surface area (Å²) in [5.74, 6) is -0.297. The Bertz CT molecular complexity index is 1080. The second kappa shape index (κ2) is 9.07. The van der Waals surface area contributed by atoms with Crippen molar-refractivity contribution in [2.24, 2.45) is 0 Å². The monoisotopic (exact) mass is 407 g/mol. The van der Waals surface area contributed by atoms with E-state index in [1.54, 1.807) is 36.3 Å². The molecule has 2 N–H and O–H groups in total. The van der Waals surface area contributed by atoms with Crippen LogP contribution in [0.15, 0.2) is 90.3 Å². The van der Waals surface area contributed by atoms with Gasteiger partial charge in [0.05, 0.1) is 11.1 Å². The number of nitrogens with one attached hydrogen (secondary N) is 2. The minimum absolute atomic E-state index is 0.297. The zero-order valence-corrected chi connectivity index (χ0v) is 16.6. The number of hydrogen-bond acceptors (Lipinski definition) is 4. The largest absolute Gasteiger partial charge is 0.288 e. The normalized spacial score (nSPS) is 11.2. The summed E-state index contributed by atoms with van der Waals surface area (Å²) in [5.41, 5.74) is 5.17. The molecule has 148 valence electrons. The van der Waals surface area contributed by atoms with Gasteiger partial charge in [0.25, 0.3) is 15.9 Å². The lowest BCUT2D eigenvalue weighted by atomic mass is 10.2. The van der Waals surface area contributed by atoms with Crippen molar-refractivity contribution in [3.8, 4) is 0 Å². The summed E-state index contributed by atoms with van der Waals surface area (Å²) in [6.45, 7) is 0. The maximum Gasteiger partial charge on any atom is 0.269 e. The molecule has 6 nitrogen and oxygen atoms in total. The molecule has 0 spiro atoms. The van der Waals surface area contributed by atoms with Crippen LogP contribution in [-0.4, -0.2) is 21.4 Å². The average molecular weight is 407 g/mol. The molecule has 0 fully saturated rings. The second-order valence-corrected chi connectivity index (χ2v) is 7.84. The van der Waals surface area contributed by atoms with Gasteiger partial charge in [-0.05, 0) is 48.0 Å². The van der Waals surface area contributed by atoms with E-state index < -0.39 is 10.0 Å². The fraction of sp³-hybridized carbons (Fsp3) is 0.0455. The van der Waals surface area contributed by atoms with Crippen LogP contribution in [0.3, 0.4) is 0 Å². The van der Waals surface area contributed by atoms with Crippen molar-refractivity contribution in [1.29, 1.82) is 0 Å². The van der Waals surface area contributed by atoms with Gasteiger partial charge < -0.3 is 0 Å². The number of nitrogens with zero attached hydrogens (tertiary/aromatic N) is 1. The van der Waals surface area contributed by atoms with E-state index >= 15 is 0 Å². The summed E-state index contributed by atoms with van der Waals surface area (Å²) in [4.78, 5) is 12.4. The predicted molar refractivity (Wildman–Crippen MR) is 117 cm³/mol. The predicted octanol–water partition coefficient (Wildman–Crippen LogP) is 3.88. The molecule has 3 aromatic rings. The standard InChI is InChI=1S/C22H21N3O3S/c1-25(21-10-6-3-7-11-21)23-22(26)19-12-14-20(15-13-19)24-29(27,28)17-16-18-8-4-2-5-9-18/h2-17,24H,1H3,(H,23,26). The van der Waals surface area contributed by atoms with E-state index in [1.165, 1.54) is 6.08 Å². The highest BCUT2D eigenvalue weighted by Crippen LogP contribution is 2.14. The van der Waals surface area contributed by atoms with Gasteiger partial charge in [-0.25, -0.2) is 8.42 Å². The molecule has 29 heavy (non-hydrogen) atoms. The Morgan fingerprint density at radius 3 is 2.07 bits per heavy atom. The molecule has 0 bridgehead atoms. The number of sulfonamides is 1. The number of carbonyl (C=O) groups excluding carboxylic acids is 1. The van der Waals surface area contributed by atoms with Crippen LogP contribution in [0.5, 0.6) is 0 Å². The van der Waals surface area contributed by atoms with Gasteiger partial charge in [-0.3, -0.25) is 20.0 Å². The van der Waals surface area contributed by atoms with Crippen LogP contribution in [0.25, 0.3) is 6.08 Å². The molecule has 3 aromatic carbocycles. The quantitative estimate of drug-likeness (QED) is 0.583. The number of rotatable bonds is 7. The van der Waals surface area contributed by atoms with Crippen LogP contribution in [0.4, 0.5) is 11.4 Å². The minimum atomic E-state index is -3.66. The molecule has 0 aromatic heterocycles. The van der Waals surface area contributed by atoms with Crippen molar-refractivity contribution in [3.63, 3.8) is 0 Å². The van der Waals surface area contributed by atoms with E-state index in [4.69, 9.17) is 0 Å². The van der Waals surface area contributed by atoms with Crippen molar-refractivity contribution in [2.45, 2.75) is 0 Å². The molecular weight excluding hydrogens is 386 g/mol. The van der Waals surface area contributed by atoms with Gasteiger partial charge in [-0.15, -0.1) is 0 Å². The second-order valence-electron chi connectivity index (χ2n) is 6.27. The van der Waals surface area contributed by atoms with E-state index in [0.717, 1.165) is 16.7 Å². The fourth-order valence-corrected chi connectivity index (χ4v) is 3.42. The van der Waals surface area contributed by atoms with Crippen molar-refractivity contribution >= 4 is 33.4 Å². The summed E-state index contributed by atoms with van der Waals surface area (Å²) in [7, 11) is -1.92. The van der Waals surface area contributed by atoms with Gasteiger partial charge in [0, 0.05) is 18.3 Å². The maximum atomic E-state index is 12.4. The van der Waals surface area contributed by atoms with E-state index in [9.17, 15) is 13.2 Å². The first-order chi connectivity index (χ1) is 13.9. The van der Waals surface area contributed by atoms with Gasteiger partial charge in [0.2, 0.25) is 0 Å². The van der Waals surface area contributed by atoms with Gasteiger partial charge in [-0.1, -0.05) is 48.5 Å². The number of para-hydroxylation sites is 1. The van der Waals surface area contributed by atoms with Gasteiger partial charge >= 0.3 is 0 Å². The van der Waals surface area contributed by atoms with Gasteiger partial charge in [-0.2, -0.15) is 0 Å². The van der Waals surface area contributed by atoms with E-state index in [1.807, 2.05) is 60.7 Å². The number of carbonyl (C=O) groups is 1. The molecule has 0 saturated heterocycles. The van der Waals surface area contributed by atoms with Gasteiger partial charge in [0.15, 0.2) is 0 Å². The van der Waals surface area contributed by atoms with Crippen LogP contribution >= 0.6 is 0 Å². The SMILES string of the molecule is CN(NC(=O)c1ccc(NS(=O)(=O)C=Cc2ccccc2)cc1)c1ccccc1. The Hall–Kier alpha value is -3.58. The van der Waals surface area contributed by atoms with Crippen LogP contribution in [-0.2, 0) is 10.0 Å². The summed E-state index contributed by atoms with van der Waals surface area (Å²) in [6.07, 6.45) is 1.52. The number of amides is 1. The van der Waals surface area contributed by atoms with Gasteiger partial charge in [0.1, 0.15) is 0 Å². The van der Waals surface area contributed by atoms with Crippen LogP contribution in [0.1, 0.15) is 15.9 Å². The van der Waals surface area contributed by atoms with Crippen LogP contribution in [0.2, 0.25) is 0 Å². The average Bonchev–Trinajstić information content (AvgIpc) is 2.74. The third kappa shape index (κ3) is 5.95. The fourth-order valence-electron chi connectivity index (χ4n) is 2.55. The first-order valence-corrected chi connectivity index (χ1v) is 10.4. The summed E-state index contributed by atoms with van der Waals surface area (Å²) in [5, 5.41) is 2.73. The highest BCUT2D eigenvalue weighted by atomic mass is 32.2. The number of hydrazine groups is 1. The summed E-state index contributed by atoms with van der Waals surface area (Å²) < 4.78 is 26.9. The molecule has 0 unspecified atom stereocenters.